The van der Waals surface area contributed by atoms with E-state index >= 15 is 0 Å². The Balaban J connectivity index is 2.12. The maximum absolute atomic E-state index is 12.7. The number of benzene rings is 1. The van der Waals surface area contributed by atoms with E-state index < -0.39 is 0 Å². The second-order valence-corrected chi connectivity index (χ2v) is 6.03. The van der Waals surface area contributed by atoms with Gasteiger partial charge in [0.15, 0.2) is 5.65 Å². The molecule has 0 bridgehead atoms. The molecule has 7 nitrogen and oxygen atoms in total. The van der Waals surface area contributed by atoms with E-state index in [0.29, 0.717) is 42.9 Å². The van der Waals surface area contributed by atoms with Gasteiger partial charge in [-0.2, -0.15) is 0 Å². The molecule has 7 heteroatoms. The van der Waals surface area contributed by atoms with E-state index in [0.717, 1.165) is 5.56 Å². The highest BCUT2D eigenvalue weighted by atomic mass is 16.3. The molecular weight excluding hydrogens is 332 g/mol. The van der Waals surface area contributed by atoms with Crippen molar-refractivity contribution in [3.63, 3.8) is 0 Å². The molecule has 0 spiro atoms. The Kier molecular flexibility index (Phi) is 5.48. The average molecular weight is 354 g/mol. The number of fused-ring (bicyclic) bond motifs is 1. The summed E-state index contributed by atoms with van der Waals surface area (Å²) in [6, 6.07) is 9.74. The van der Waals surface area contributed by atoms with Crippen LogP contribution in [-0.2, 0) is 13.1 Å². The summed E-state index contributed by atoms with van der Waals surface area (Å²) in [5.41, 5.74) is 0.896. The second kappa shape index (κ2) is 7.97. The average Bonchev–Trinajstić information content (AvgIpc) is 3.09. The van der Waals surface area contributed by atoms with Gasteiger partial charge in [-0.3, -0.25) is 13.9 Å². The first kappa shape index (κ1) is 17.9. The molecule has 26 heavy (non-hydrogen) atoms. The van der Waals surface area contributed by atoms with Crippen LogP contribution >= 0.6 is 0 Å². The highest BCUT2D eigenvalue weighted by molar-refractivity contribution is 5.75. The topological polar surface area (TPSA) is 92.9 Å². The van der Waals surface area contributed by atoms with Crippen LogP contribution in [0.5, 0.6) is 0 Å². The summed E-state index contributed by atoms with van der Waals surface area (Å²) in [6.07, 6.45) is 4.76. The number of aromatic nitrogens is 4. The first-order valence-electron chi connectivity index (χ1n) is 8.73. The van der Waals surface area contributed by atoms with Crippen molar-refractivity contribution in [1.29, 1.82) is 0 Å². The maximum atomic E-state index is 12.7. The van der Waals surface area contributed by atoms with E-state index in [-0.39, 0.29) is 17.9 Å². The molecule has 0 atom stereocenters. The Morgan fingerprint density at radius 3 is 2.58 bits per heavy atom. The van der Waals surface area contributed by atoms with Gasteiger partial charge < -0.3 is 10.1 Å². The van der Waals surface area contributed by atoms with E-state index in [1.807, 2.05) is 43.3 Å². The first-order chi connectivity index (χ1) is 12.7. The Labute approximate surface area is 150 Å². The third kappa shape index (κ3) is 3.52. The lowest BCUT2D eigenvalue weighted by Gasteiger charge is -2.09. The van der Waals surface area contributed by atoms with E-state index in [2.05, 4.69) is 9.97 Å². The number of aliphatic hydroxyl groups excluding tert-OH is 1. The lowest BCUT2D eigenvalue weighted by molar-refractivity contribution is 0.279. The zero-order valence-electron chi connectivity index (χ0n) is 14.7. The Bertz CT molecular complexity index is 1030. The minimum Gasteiger partial charge on any atom is -0.396 e. The van der Waals surface area contributed by atoms with Crippen LogP contribution in [-0.4, -0.2) is 30.8 Å². The fourth-order valence-electron chi connectivity index (χ4n) is 2.85. The smallest absolute Gasteiger partial charge is 0.332 e. The molecule has 2 aromatic heterocycles. The van der Waals surface area contributed by atoms with E-state index in [9.17, 15) is 9.59 Å². The van der Waals surface area contributed by atoms with E-state index in [4.69, 9.17) is 5.11 Å². The van der Waals surface area contributed by atoms with Gasteiger partial charge in [0.2, 0.25) is 0 Å². The zero-order chi connectivity index (χ0) is 18.5. The van der Waals surface area contributed by atoms with Gasteiger partial charge in [-0.15, -0.1) is 0 Å². The summed E-state index contributed by atoms with van der Waals surface area (Å²) in [5.74, 6) is 0.507. The standard InChI is InChI=1S/C19H22N4O3/c1-2-11-23-18(25)16-17(22(19(23)26)12-6-13-24)21-15(20-16)10-9-14-7-4-3-5-8-14/h3-5,7-10,24H,2,6,11-13H2,1H3,(H,20,21)/b10-9+. The fourth-order valence-corrected chi connectivity index (χ4v) is 2.85. The van der Waals surface area contributed by atoms with Gasteiger partial charge in [-0.1, -0.05) is 43.3 Å². The largest absolute Gasteiger partial charge is 0.396 e. The lowest BCUT2D eigenvalue weighted by Crippen LogP contribution is -2.40. The molecule has 0 unspecified atom stereocenters. The van der Waals surface area contributed by atoms with E-state index in [1.165, 1.54) is 9.13 Å². The Hall–Kier alpha value is -2.93. The van der Waals surface area contributed by atoms with Gasteiger partial charge in [-0.05, 0) is 24.5 Å². The van der Waals surface area contributed by atoms with Crippen LogP contribution in [0.15, 0.2) is 39.9 Å². The van der Waals surface area contributed by atoms with Crippen molar-refractivity contribution in [2.45, 2.75) is 32.9 Å². The zero-order valence-corrected chi connectivity index (χ0v) is 14.7. The molecule has 1 aromatic carbocycles. The Morgan fingerprint density at radius 2 is 1.88 bits per heavy atom. The van der Waals surface area contributed by atoms with Crippen molar-refractivity contribution in [2.75, 3.05) is 6.61 Å². The minimum atomic E-state index is -0.386. The molecule has 0 aliphatic heterocycles. The third-order valence-corrected chi connectivity index (χ3v) is 4.10. The van der Waals surface area contributed by atoms with Crippen molar-refractivity contribution >= 4 is 23.3 Å². The normalized spacial score (nSPS) is 11.6. The number of aryl methyl sites for hydroxylation is 1. The molecular formula is C19H22N4O3. The summed E-state index contributed by atoms with van der Waals surface area (Å²) < 4.78 is 2.68. The molecule has 2 heterocycles. The third-order valence-electron chi connectivity index (χ3n) is 4.10. The van der Waals surface area contributed by atoms with Crippen LogP contribution in [0.25, 0.3) is 23.3 Å². The summed E-state index contributed by atoms with van der Waals surface area (Å²) >= 11 is 0. The molecule has 0 saturated carbocycles. The van der Waals surface area contributed by atoms with Crippen molar-refractivity contribution in [2.24, 2.45) is 0 Å². The summed E-state index contributed by atoms with van der Waals surface area (Å²) in [7, 11) is 0. The number of imidazole rings is 1. The number of hydrogen-bond acceptors (Lipinski definition) is 4. The van der Waals surface area contributed by atoms with Crippen molar-refractivity contribution < 1.29 is 5.11 Å². The van der Waals surface area contributed by atoms with Crippen molar-refractivity contribution in [3.8, 4) is 0 Å². The highest BCUT2D eigenvalue weighted by Gasteiger charge is 2.16. The molecule has 0 saturated heterocycles. The fraction of sp³-hybridized carbons (Fsp3) is 0.316. The summed E-state index contributed by atoms with van der Waals surface area (Å²) in [4.78, 5) is 32.8. The summed E-state index contributed by atoms with van der Waals surface area (Å²) in [6.45, 7) is 2.53. The molecule has 3 aromatic rings. The SMILES string of the molecule is CCCn1c(=O)c2[nH]c(/C=C/c3ccccc3)nc2n(CCCO)c1=O. The predicted molar refractivity (Wildman–Crippen MR) is 102 cm³/mol. The second-order valence-electron chi connectivity index (χ2n) is 6.03. The van der Waals surface area contributed by atoms with Crippen LogP contribution in [0.2, 0.25) is 0 Å². The lowest BCUT2D eigenvalue weighted by atomic mass is 10.2. The molecule has 0 aliphatic rings. The molecule has 0 amide bonds. The number of H-pyrrole nitrogens is 1. The molecule has 3 rings (SSSR count). The molecule has 136 valence electrons. The first-order valence-corrected chi connectivity index (χ1v) is 8.73. The monoisotopic (exact) mass is 354 g/mol. The number of aromatic amines is 1. The van der Waals surface area contributed by atoms with Crippen LogP contribution < -0.4 is 11.2 Å². The molecule has 0 aliphatic carbocycles. The minimum absolute atomic E-state index is 0.0357. The highest BCUT2D eigenvalue weighted by Crippen LogP contribution is 2.10. The van der Waals surface area contributed by atoms with Gasteiger partial charge in [0, 0.05) is 19.7 Å². The van der Waals surface area contributed by atoms with Crippen molar-refractivity contribution in [1.82, 2.24) is 19.1 Å². The number of nitrogens with zero attached hydrogens (tertiary/aromatic N) is 3. The number of hydrogen-bond donors (Lipinski definition) is 2. The van der Waals surface area contributed by atoms with Crippen LogP contribution in [0.1, 0.15) is 31.2 Å². The van der Waals surface area contributed by atoms with Gasteiger partial charge in [0.05, 0.1) is 0 Å². The van der Waals surface area contributed by atoms with Crippen LogP contribution in [0, 0.1) is 0 Å². The van der Waals surface area contributed by atoms with Gasteiger partial charge >= 0.3 is 5.69 Å². The van der Waals surface area contributed by atoms with Gasteiger partial charge in [-0.25, -0.2) is 9.78 Å². The van der Waals surface area contributed by atoms with Crippen molar-refractivity contribution in [3.05, 3.63) is 62.6 Å². The number of aliphatic hydroxyl groups is 1. The predicted octanol–water partition coefficient (Wildman–Crippen LogP) is 1.85. The maximum Gasteiger partial charge on any atom is 0.332 e. The molecule has 0 radical (unpaired) electrons. The quantitative estimate of drug-likeness (QED) is 0.677. The van der Waals surface area contributed by atoms with Gasteiger partial charge in [0.25, 0.3) is 5.56 Å². The summed E-state index contributed by atoms with van der Waals surface area (Å²) in [5, 5.41) is 9.11. The van der Waals surface area contributed by atoms with Crippen LogP contribution in [0.3, 0.4) is 0 Å². The van der Waals surface area contributed by atoms with E-state index in [1.54, 1.807) is 6.08 Å². The van der Waals surface area contributed by atoms with Crippen LogP contribution in [0.4, 0.5) is 0 Å². The van der Waals surface area contributed by atoms with Gasteiger partial charge in [0.1, 0.15) is 11.3 Å². The number of rotatable bonds is 7. The Morgan fingerprint density at radius 1 is 1.12 bits per heavy atom. The number of nitrogens with one attached hydrogen (secondary N) is 1. The molecule has 2 N–H and O–H groups in total. The molecule has 0 fully saturated rings.